The average Bonchev–Trinajstić information content (AvgIpc) is 3.23. The minimum absolute atomic E-state index is 0.127. The van der Waals surface area contributed by atoms with E-state index < -0.39 is 0 Å². The van der Waals surface area contributed by atoms with Gasteiger partial charge in [0.25, 0.3) is 5.91 Å². The van der Waals surface area contributed by atoms with Crippen molar-refractivity contribution in [2.75, 3.05) is 20.3 Å². The Bertz CT molecular complexity index is 1270. The van der Waals surface area contributed by atoms with E-state index in [1.54, 1.807) is 36.2 Å². The number of aryl methyl sites for hydroxylation is 2. The van der Waals surface area contributed by atoms with Crippen molar-refractivity contribution >= 4 is 59.2 Å². The highest BCUT2D eigenvalue weighted by atomic mass is 79.9. The topological polar surface area (TPSA) is 53.2 Å². The van der Waals surface area contributed by atoms with Gasteiger partial charge in [-0.05, 0) is 55.7 Å². The quantitative estimate of drug-likeness (QED) is 0.204. The monoisotopic (exact) mass is 540 g/mol. The summed E-state index contributed by atoms with van der Waals surface area (Å²) in [5.41, 5.74) is 5.62. The van der Waals surface area contributed by atoms with E-state index in [-0.39, 0.29) is 5.91 Å². The van der Waals surface area contributed by atoms with E-state index in [2.05, 4.69) is 67.4 Å². The van der Waals surface area contributed by atoms with Gasteiger partial charge in [0, 0.05) is 45.4 Å². The Balaban J connectivity index is 0.000000970. The lowest BCUT2D eigenvalue weighted by atomic mass is 10.0. The van der Waals surface area contributed by atoms with Gasteiger partial charge in [-0.15, -0.1) is 9.24 Å². The number of aromatic amines is 1. The van der Waals surface area contributed by atoms with Gasteiger partial charge in [0.15, 0.2) is 6.29 Å². The van der Waals surface area contributed by atoms with Crippen LogP contribution in [0.2, 0.25) is 0 Å². The highest BCUT2D eigenvalue weighted by Crippen LogP contribution is 2.32. The van der Waals surface area contributed by atoms with Crippen LogP contribution in [0.1, 0.15) is 52.1 Å². The van der Waals surface area contributed by atoms with Crippen molar-refractivity contribution in [3.8, 4) is 0 Å². The number of nitrogens with one attached hydrogen (secondary N) is 1. The average molecular weight is 541 g/mol. The van der Waals surface area contributed by atoms with Crippen LogP contribution in [0.4, 0.5) is 0 Å². The number of halogens is 1. The van der Waals surface area contributed by atoms with Gasteiger partial charge in [-0.3, -0.25) is 9.59 Å². The summed E-state index contributed by atoms with van der Waals surface area (Å²) in [7, 11) is 4.20. The summed E-state index contributed by atoms with van der Waals surface area (Å²) in [6.07, 6.45) is 2.40. The van der Waals surface area contributed by atoms with Crippen LogP contribution in [-0.2, 0) is 6.42 Å². The van der Waals surface area contributed by atoms with Crippen LogP contribution in [0.15, 0.2) is 59.1 Å². The zero-order valence-corrected chi connectivity index (χ0v) is 23.4. The summed E-state index contributed by atoms with van der Waals surface area (Å²) in [6, 6.07) is 17.7. The molecule has 6 heteroatoms. The number of carbonyl (C=O) groups is 2. The summed E-state index contributed by atoms with van der Waals surface area (Å²) in [4.78, 5) is 29.2. The normalized spacial score (nSPS) is 10.2. The largest absolute Gasteiger partial charge is 0.354 e. The maximum atomic E-state index is 12.7. The third-order valence-corrected chi connectivity index (χ3v) is 5.97. The molecule has 4 aromatic rings. The van der Waals surface area contributed by atoms with Crippen LogP contribution in [0, 0.1) is 6.92 Å². The molecule has 0 saturated carbocycles. The first kappa shape index (κ1) is 27.8. The van der Waals surface area contributed by atoms with Crippen molar-refractivity contribution in [2.45, 2.75) is 33.6 Å². The number of hydrogen-bond acceptors (Lipinski definition) is 2. The Labute approximate surface area is 213 Å². The summed E-state index contributed by atoms with van der Waals surface area (Å²) in [6.45, 7) is 8.63. The SMILES string of the molecule is CC.CP.Cc1ccc2[nH]c3c(CCCN(C)C(=O)c4ccccc4C=O)cc(Br)cc3c2c1. The first-order chi connectivity index (χ1) is 16.5. The first-order valence-corrected chi connectivity index (χ1v) is 13.5. The molecular weight excluding hydrogens is 507 g/mol. The maximum Gasteiger partial charge on any atom is 0.254 e. The first-order valence-electron chi connectivity index (χ1n) is 11.6. The number of H-pyrrole nitrogens is 1. The Morgan fingerprint density at radius 3 is 2.47 bits per heavy atom. The minimum Gasteiger partial charge on any atom is -0.354 e. The third kappa shape index (κ3) is 6.34. The van der Waals surface area contributed by atoms with Gasteiger partial charge in [0.2, 0.25) is 0 Å². The lowest BCUT2D eigenvalue weighted by Crippen LogP contribution is -2.28. The zero-order chi connectivity index (χ0) is 25.3. The van der Waals surface area contributed by atoms with Crippen LogP contribution in [0.25, 0.3) is 21.8 Å². The fourth-order valence-electron chi connectivity index (χ4n) is 3.95. The zero-order valence-electron chi connectivity index (χ0n) is 20.6. The molecular formula is C28H34BrN2O2P. The van der Waals surface area contributed by atoms with E-state index >= 15 is 0 Å². The second-order valence-corrected chi connectivity index (χ2v) is 8.61. The Morgan fingerprint density at radius 2 is 1.76 bits per heavy atom. The van der Waals surface area contributed by atoms with Crippen molar-refractivity contribution < 1.29 is 9.59 Å². The van der Waals surface area contributed by atoms with Gasteiger partial charge in [-0.25, -0.2) is 0 Å². The van der Waals surface area contributed by atoms with Crippen molar-refractivity contribution in [1.29, 1.82) is 0 Å². The maximum absolute atomic E-state index is 12.7. The number of benzene rings is 3. The second kappa shape index (κ2) is 13.4. The molecule has 0 bridgehead atoms. The molecule has 0 spiro atoms. The van der Waals surface area contributed by atoms with E-state index in [0.29, 0.717) is 17.7 Å². The molecule has 180 valence electrons. The number of aldehydes is 1. The molecule has 0 saturated heterocycles. The number of aromatic nitrogens is 1. The third-order valence-electron chi connectivity index (χ3n) is 5.51. The molecule has 0 aliphatic carbocycles. The molecule has 0 fully saturated rings. The van der Waals surface area contributed by atoms with Gasteiger partial charge in [-0.1, -0.05) is 66.3 Å². The fraction of sp³-hybridized carbons (Fsp3) is 0.286. The predicted octanol–water partition coefficient (Wildman–Crippen LogP) is 7.43. The second-order valence-electron chi connectivity index (χ2n) is 7.70. The summed E-state index contributed by atoms with van der Waals surface area (Å²) >= 11 is 3.65. The molecule has 3 aromatic carbocycles. The molecule has 0 radical (unpaired) electrons. The lowest BCUT2D eigenvalue weighted by molar-refractivity contribution is 0.0790. The number of fused-ring (bicyclic) bond motifs is 3. The minimum atomic E-state index is -0.127. The summed E-state index contributed by atoms with van der Waals surface area (Å²) in [5.74, 6) is -0.127. The number of rotatable bonds is 6. The van der Waals surface area contributed by atoms with Crippen LogP contribution < -0.4 is 0 Å². The smallest absolute Gasteiger partial charge is 0.254 e. The number of carbonyl (C=O) groups excluding carboxylic acids is 2. The standard InChI is InChI=1S/C25H23BrN2O2.C2H6.CH5P/c1-16-9-10-23-21(12-16)22-14-19(26)13-17(24(22)27-23)7-5-11-28(2)25(30)20-8-4-3-6-18(20)15-29;2*1-2/h3-4,6,8-10,12-15,27H,5,7,11H2,1-2H3;1-2H3;2H2,1H3. The van der Waals surface area contributed by atoms with E-state index in [1.165, 1.54) is 21.9 Å². The Kier molecular flexibility index (Phi) is 10.9. The molecule has 4 nitrogen and oxygen atoms in total. The number of hydrogen-bond donors (Lipinski definition) is 1. The number of nitrogens with zero attached hydrogens (tertiary/aromatic N) is 1. The summed E-state index contributed by atoms with van der Waals surface area (Å²) < 4.78 is 1.05. The van der Waals surface area contributed by atoms with Crippen LogP contribution >= 0.6 is 25.2 Å². The van der Waals surface area contributed by atoms with Gasteiger partial charge in [0.05, 0.1) is 5.56 Å². The van der Waals surface area contributed by atoms with Gasteiger partial charge < -0.3 is 9.88 Å². The van der Waals surface area contributed by atoms with Crippen molar-refractivity contribution in [3.05, 3.63) is 81.3 Å². The molecule has 4 rings (SSSR count). The van der Waals surface area contributed by atoms with Crippen LogP contribution in [-0.4, -0.2) is 42.3 Å². The number of amides is 1. The molecule has 1 atom stereocenters. The Morgan fingerprint density at radius 1 is 1.06 bits per heavy atom. The molecule has 0 aliphatic heterocycles. The van der Waals surface area contributed by atoms with Crippen molar-refractivity contribution in [2.24, 2.45) is 0 Å². The highest BCUT2D eigenvalue weighted by Gasteiger charge is 2.16. The van der Waals surface area contributed by atoms with Gasteiger partial charge in [-0.2, -0.15) is 0 Å². The van der Waals surface area contributed by atoms with E-state index in [1.807, 2.05) is 20.5 Å². The van der Waals surface area contributed by atoms with E-state index in [0.717, 1.165) is 34.6 Å². The van der Waals surface area contributed by atoms with Gasteiger partial charge in [0.1, 0.15) is 0 Å². The summed E-state index contributed by atoms with van der Waals surface area (Å²) in [5, 5.41) is 2.44. The van der Waals surface area contributed by atoms with E-state index in [4.69, 9.17) is 0 Å². The predicted molar refractivity (Wildman–Crippen MR) is 152 cm³/mol. The Hall–Kier alpha value is -2.49. The van der Waals surface area contributed by atoms with Gasteiger partial charge >= 0.3 is 0 Å². The molecule has 1 amide bonds. The van der Waals surface area contributed by atoms with Crippen molar-refractivity contribution in [1.82, 2.24) is 9.88 Å². The fourth-order valence-corrected chi connectivity index (χ4v) is 4.46. The molecule has 1 aromatic heterocycles. The molecule has 1 heterocycles. The molecule has 1 unspecified atom stereocenters. The highest BCUT2D eigenvalue weighted by molar-refractivity contribution is 9.10. The molecule has 1 N–H and O–H groups in total. The van der Waals surface area contributed by atoms with Crippen LogP contribution in [0.3, 0.4) is 0 Å². The molecule has 34 heavy (non-hydrogen) atoms. The molecule has 0 aliphatic rings. The van der Waals surface area contributed by atoms with E-state index in [9.17, 15) is 9.59 Å². The van der Waals surface area contributed by atoms with Crippen LogP contribution in [0.5, 0.6) is 0 Å². The lowest BCUT2D eigenvalue weighted by Gasteiger charge is -2.18. The van der Waals surface area contributed by atoms with Crippen molar-refractivity contribution in [3.63, 3.8) is 0 Å².